The van der Waals surface area contributed by atoms with Gasteiger partial charge in [0.2, 0.25) is 0 Å². The van der Waals surface area contributed by atoms with Gasteiger partial charge in [0.15, 0.2) is 5.96 Å². The maximum Gasteiger partial charge on any atom is 0.191 e. The summed E-state index contributed by atoms with van der Waals surface area (Å²) in [4.78, 5) is 10.5. The van der Waals surface area contributed by atoms with Gasteiger partial charge in [0, 0.05) is 29.3 Å². The molecule has 0 saturated carbocycles. The summed E-state index contributed by atoms with van der Waals surface area (Å²) >= 11 is 1.80. The average molecular weight is 474 g/mol. The highest BCUT2D eigenvalue weighted by molar-refractivity contribution is 14.0. The molecule has 25 heavy (non-hydrogen) atoms. The van der Waals surface area contributed by atoms with Gasteiger partial charge in [-0.3, -0.25) is 4.99 Å². The Hall–Kier alpha value is -1.16. The van der Waals surface area contributed by atoms with Crippen molar-refractivity contribution in [2.24, 2.45) is 4.99 Å². The first-order valence-electron chi connectivity index (χ1n) is 8.54. The zero-order valence-corrected chi connectivity index (χ0v) is 18.2. The van der Waals surface area contributed by atoms with Crippen LogP contribution in [-0.2, 0) is 18.4 Å². The molecule has 1 unspecified atom stereocenters. The second kappa shape index (κ2) is 8.98. The number of thiophene rings is 1. The van der Waals surface area contributed by atoms with Gasteiger partial charge in [0.05, 0.1) is 13.1 Å². The third kappa shape index (κ3) is 5.16. The van der Waals surface area contributed by atoms with Crippen molar-refractivity contribution in [2.45, 2.75) is 51.6 Å². The fraction of sp³-hybridized carbons (Fsp3) is 0.588. The van der Waals surface area contributed by atoms with Crippen molar-refractivity contribution in [1.29, 1.82) is 0 Å². The highest BCUT2D eigenvalue weighted by Crippen LogP contribution is 2.27. The molecule has 1 aliphatic heterocycles. The number of hydrogen-bond acceptors (Lipinski definition) is 4. The van der Waals surface area contributed by atoms with E-state index in [-0.39, 0.29) is 29.4 Å². The Morgan fingerprint density at radius 2 is 2.32 bits per heavy atom. The molecule has 8 heteroatoms. The van der Waals surface area contributed by atoms with E-state index in [9.17, 15) is 0 Å². The van der Waals surface area contributed by atoms with E-state index in [1.54, 1.807) is 17.7 Å². The molecule has 0 bridgehead atoms. The van der Waals surface area contributed by atoms with Gasteiger partial charge in [-0.15, -0.1) is 35.3 Å². The lowest BCUT2D eigenvalue weighted by molar-refractivity contribution is 0.392. The Balaban J connectivity index is 0.00000225. The summed E-state index contributed by atoms with van der Waals surface area (Å²) in [6.45, 7) is 9.03. The van der Waals surface area contributed by atoms with Gasteiger partial charge in [0.25, 0.3) is 0 Å². The molecule has 0 aliphatic carbocycles. The molecule has 138 valence electrons. The van der Waals surface area contributed by atoms with Crippen LogP contribution in [0.2, 0.25) is 0 Å². The van der Waals surface area contributed by atoms with E-state index < -0.39 is 0 Å². The summed E-state index contributed by atoms with van der Waals surface area (Å²) in [6, 6.07) is 4.63. The molecule has 3 heterocycles. The zero-order chi connectivity index (χ0) is 17.0. The first-order chi connectivity index (χ1) is 11.6. The number of rotatable bonds is 5. The molecule has 0 radical (unpaired) electrons. The second-order valence-corrected chi connectivity index (χ2v) is 7.74. The Bertz CT molecular complexity index is 679. The molecule has 0 aromatic carbocycles. The molecule has 0 saturated heterocycles. The Kier molecular flexibility index (Phi) is 7.24. The third-order valence-electron chi connectivity index (χ3n) is 4.31. The van der Waals surface area contributed by atoms with Crippen LogP contribution in [0.4, 0.5) is 0 Å². The number of fused-ring (bicyclic) bond motifs is 1. The van der Waals surface area contributed by atoms with Gasteiger partial charge < -0.3 is 10.6 Å². The Labute approximate surface area is 170 Å². The SMILES string of the molecule is CCNC(=NCC(C)(C)c1cccs1)NC1CCc2ncnn2C1.I. The number of aliphatic imine (C=N–C) groups is 1. The van der Waals surface area contributed by atoms with Gasteiger partial charge in [-0.1, -0.05) is 19.9 Å². The van der Waals surface area contributed by atoms with E-state index in [0.29, 0.717) is 6.04 Å². The lowest BCUT2D eigenvalue weighted by Crippen LogP contribution is -2.47. The number of aromatic nitrogens is 3. The molecule has 0 spiro atoms. The summed E-state index contributed by atoms with van der Waals surface area (Å²) in [5.74, 6) is 1.96. The molecular weight excluding hydrogens is 447 g/mol. The van der Waals surface area contributed by atoms with Gasteiger partial charge in [-0.2, -0.15) is 5.10 Å². The van der Waals surface area contributed by atoms with Crippen molar-refractivity contribution in [2.75, 3.05) is 13.1 Å². The van der Waals surface area contributed by atoms with Crippen LogP contribution in [-0.4, -0.2) is 39.9 Å². The number of guanidine groups is 1. The maximum atomic E-state index is 4.83. The third-order valence-corrected chi connectivity index (χ3v) is 5.55. The van der Waals surface area contributed by atoms with Crippen molar-refractivity contribution in [1.82, 2.24) is 25.4 Å². The summed E-state index contributed by atoms with van der Waals surface area (Å²) in [6.07, 6.45) is 3.65. The fourth-order valence-corrected chi connectivity index (χ4v) is 3.73. The van der Waals surface area contributed by atoms with Gasteiger partial charge in [-0.25, -0.2) is 9.67 Å². The summed E-state index contributed by atoms with van der Waals surface area (Å²) < 4.78 is 1.99. The number of hydrogen-bond donors (Lipinski definition) is 2. The second-order valence-electron chi connectivity index (χ2n) is 6.79. The van der Waals surface area contributed by atoms with E-state index in [1.807, 2.05) is 4.68 Å². The van der Waals surface area contributed by atoms with E-state index in [1.165, 1.54) is 4.88 Å². The molecule has 2 aromatic rings. The largest absolute Gasteiger partial charge is 0.357 e. The minimum absolute atomic E-state index is 0. The monoisotopic (exact) mass is 474 g/mol. The molecule has 0 fully saturated rings. The molecule has 1 aliphatic rings. The predicted octanol–water partition coefficient (Wildman–Crippen LogP) is 2.81. The van der Waals surface area contributed by atoms with Crippen molar-refractivity contribution in [3.05, 3.63) is 34.5 Å². The highest BCUT2D eigenvalue weighted by atomic mass is 127. The van der Waals surface area contributed by atoms with Crippen LogP contribution in [0.15, 0.2) is 28.8 Å². The van der Waals surface area contributed by atoms with Crippen LogP contribution in [0.1, 0.15) is 37.9 Å². The molecule has 6 nitrogen and oxygen atoms in total. The van der Waals surface area contributed by atoms with Crippen LogP contribution in [0.3, 0.4) is 0 Å². The summed E-state index contributed by atoms with van der Waals surface area (Å²) in [5, 5.41) is 13.3. The molecular formula is C17H27IN6S. The first kappa shape index (κ1) is 20.2. The van der Waals surface area contributed by atoms with Crippen LogP contribution >= 0.6 is 35.3 Å². The van der Waals surface area contributed by atoms with Crippen LogP contribution in [0.25, 0.3) is 0 Å². The lowest BCUT2D eigenvalue weighted by atomic mass is 9.92. The molecule has 0 amide bonds. The van der Waals surface area contributed by atoms with Gasteiger partial charge in [0.1, 0.15) is 12.2 Å². The minimum Gasteiger partial charge on any atom is -0.357 e. The van der Waals surface area contributed by atoms with E-state index in [0.717, 1.165) is 44.3 Å². The number of aryl methyl sites for hydroxylation is 1. The highest BCUT2D eigenvalue weighted by Gasteiger charge is 2.23. The smallest absolute Gasteiger partial charge is 0.191 e. The van der Waals surface area contributed by atoms with Gasteiger partial charge in [-0.05, 0) is 24.8 Å². The molecule has 1 atom stereocenters. The lowest BCUT2D eigenvalue weighted by Gasteiger charge is -2.26. The van der Waals surface area contributed by atoms with Crippen molar-refractivity contribution in [3.63, 3.8) is 0 Å². The quantitative estimate of drug-likeness (QED) is 0.398. The number of nitrogens with one attached hydrogen (secondary N) is 2. The standard InChI is InChI=1S/C17H26N6S.HI/c1-4-18-16(19-11-17(2,3)14-6-5-9-24-14)22-13-7-8-15-20-12-21-23(15)10-13;/h5-6,9,12-13H,4,7-8,10-11H2,1-3H3,(H2,18,19,22);1H. The number of halogens is 1. The van der Waals surface area contributed by atoms with Crippen molar-refractivity contribution < 1.29 is 0 Å². The zero-order valence-electron chi connectivity index (χ0n) is 15.0. The van der Waals surface area contributed by atoms with Crippen LogP contribution < -0.4 is 10.6 Å². The van der Waals surface area contributed by atoms with Gasteiger partial charge >= 0.3 is 0 Å². The minimum atomic E-state index is 0. The molecule has 2 N–H and O–H groups in total. The topological polar surface area (TPSA) is 67.1 Å². The normalized spacial score (nSPS) is 17.6. The molecule has 2 aromatic heterocycles. The number of nitrogens with zero attached hydrogens (tertiary/aromatic N) is 4. The van der Waals surface area contributed by atoms with E-state index in [4.69, 9.17) is 4.99 Å². The average Bonchev–Trinajstić information content (AvgIpc) is 3.24. The van der Waals surface area contributed by atoms with E-state index >= 15 is 0 Å². The van der Waals surface area contributed by atoms with Crippen LogP contribution in [0.5, 0.6) is 0 Å². The Morgan fingerprint density at radius 3 is 3.04 bits per heavy atom. The van der Waals surface area contributed by atoms with E-state index in [2.05, 4.69) is 59.0 Å². The van der Waals surface area contributed by atoms with Crippen LogP contribution in [0, 0.1) is 0 Å². The Morgan fingerprint density at radius 1 is 1.48 bits per heavy atom. The summed E-state index contributed by atoms with van der Waals surface area (Å²) in [7, 11) is 0. The van der Waals surface area contributed by atoms with Crippen molar-refractivity contribution >= 4 is 41.3 Å². The maximum absolute atomic E-state index is 4.83. The van der Waals surface area contributed by atoms with Crippen molar-refractivity contribution in [3.8, 4) is 0 Å². The fourth-order valence-electron chi connectivity index (χ4n) is 2.89. The predicted molar refractivity (Wildman–Crippen MR) is 114 cm³/mol. The molecule has 3 rings (SSSR count). The first-order valence-corrected chi connectivity index (χ1v) is 9.42. The summed E-state index contributed by atoms with van der Waals surface area (Å²) in [5.41, 5.74) is 0.0438.